The van der Waals surface area contributed by atoms with E-state index in [1.807, 2.05) is 6.92 Å². The van der Waals surface area contributed by atoms with Gasteiger partial charge in [0.05, 0.1) is 5.69 Å². The van der Waals surface area contributed by atoms with Crippen LogP contribution in [-0.4, -0.2) is 6.09 Å². The summed E-state index contributed by atoms with van der Waals surface area (Å²) >= 11 is 0. The first-order valence-electron chi connectivity index (χ1n) is 7.42. The number of ether oxygens (including phenoxy) is 1. The van der Waals surface area contributed by atoms with E-state index in [1.165, 1.54) is 6.07 Å². The number of amides is 1. The van der Waals surface area contributed by atoms with Crippen LogP contribution in [0.15, 0.2) is 42.2 Å². The van der Waals surface area contributed by atoms with Gasteiger partial charge in [0.1, 0.15) is 11.6 Å². The van der Waals surface area contributed by atoms with Gasteiger partial charge >= 0.3 is 6.09 Å². The Morgan fingerprint density at radius 2 is 2.05 bits per heavy atom. The van der Waals surface area contributed by atoms with Crippen molar-refractivity contribution in [2.75, 3.05) is 5.32 Å². The number of nitrogens with one attached hydrogen (secondary N) is 1. The fourth-order valence-electron chi connectivity index (χ4n) is 1.84. The summed E-state index contributed by atoms with van der Waals surface area (Å²) < 4.78 is 19.0. The molecular formula is C18H24FNO2. The third-order valence-electron chi connectivity index (χ3n) is 3.69. The highest BCUT2D eigenvalue weighted by molar-refractivity contribution is 5.85. The number of hydrogen-bond acceptors (Lipinski definition) is 2. The molecule has 1 N–H and O–H groups in total. The second kappa shape index (κ2) is 7.78. The summed E-state index contributed by atoms with van der Waals surface area (Å²) in [7, 11) is 0. The van der Waals surface area contributed by atoms with Gasteiger partial charge in [0.2, 0.25) is 0 Å². The van der Waals surface area contributed by atoms with E-state index in [-0.39, 0.29) is 11.1 Å². The van der Waals surface area contributed by atoms with Gasteiger partial charge in [-0.3, -0.25) is 5.32 Å². The Bertz CT molecular complexity index is 589. The largest absolute Gasteiger partial charge is 0.417 e. The third-order valence-corrected chi connectivity index (χ3v) is 3.69. The lowest BCUT2D eigenvalue weighted by Crippen LogP contribution is -2.18. The molecule has 0 atom stereocenters. The van der Waals surface area contributed by atoms with E-state index in [9.17, 15) is 9.18 Å². The van der Waals surface area contributed by atoms with Crippen molar-refractivity contribution in [3.8, 4) is 0 Å². The minimum Gasteiger partial charge on any atom is -0.410 e. The summed E-state index contributed by atoms with van der Waals surface area (Å²) in [5.41, 5.74) is 0.999. The van der Waals surface area contributed by atoms with Crippen LogP contribution in [-0.2, 0) is 10.2 Å². The van der Waals surface area contributed by atoms with Gasteiger partial charge in [-0.15, -0.1) is 0 Å². The molecule has 0 aliphatic heterocycles. The van der Waals surface area contributed by atoms with Crippen molar-refractivity contribution in [1.29, 1.82) is 0 Å². The number of carbonyl (C=O) groups excluding carboxylic acids is 1. The van der Waals surface area contributed by atoms with Crippen LogP contribution in [0, 0.1) is 5.82 Å². The Balaban J connectivity index is 2.93. The first-order chi connectivity index (χ1) is 10.3. The van der Waals surface area contributed by atoms with Crippen LogP contribution in [0.25, 0.3) is 0 Å². The van der Waals surface area contributed by atoms with Crippen LogP contribution in [0.2, 0.25) is 0 Å². The zero-order valence-corrected chi connectivity index (χ0v) is 13.9. The van der Waals surface area contributed by atoms with Gasteiger partial charge in [0.25, 0.3) is 0 Å². The molecule has 3 nitrogen and oxygen atoms in total. The number of allylic oxidation sites excluding steroid dienone is 3. The number of anilines is 1. The molecule has 1 aromatic carbocycles. The summed E-state index contributed by atoms with van der Waals surface area (Å²) in [5, 5.41) is 2.46. The lowest BCUT2D eigenvalue weighted by Gasteiger charge is -2.24. The average molecular weight is 305 g/mol. The number of halogens is 1. The maximum atomic E-state index is 13.9. The molecule has 0 aliphatic rings. The van der Waals surface area contributed by atoms with Crippen molar-refractivity contribution < 1.29 is 13.9 Å². The molecule has 0 fully saturated rings. The van der Waals surface area contributed by atoms with Crippen molar-refractivity contribution in [2.45, 2.75) is 46.5 Å². The van der Waals surface area contributed by atoms with E-state index in [0.29, 0.717) is 5.76 Å². The number of carbonyl (C=O) groups is 1. The van der Waals surface area contributed by atoms with E-state index in [4.69, 9.17) is 4.74 Å². The number of rotatable bonds is 5. The maximum Gasteiger partial charge on any atom is 0.417 e. The molecule has 4 heteroatoms. The van der Waals surface area contributed by atoms with Gasteiger partial charge in [-0.05, 0) is 55.5 Å². The van der Waals surface area contributed by atoms with E-state index in [1.54, 1.807) is 37.3 Å². The highest BCUT2D eigenvalue weighted by Crippen LogP contribution is 2.29. The third kappa shape index (κ3) is 4.72. The predicted molar refractivity (Wildman–Crippen MR) is 88.4 cm³/mol. The minimum atomic E-state index is -0.712. The fraction of sp³-hybridized carbons (Fsp3) is 0.389. The first-order valence-corrected chi connectivity index (χ1v) is 7.42. The lowest BCUT2D eigenvalue weighted by molar-refractivity contribution is 0.194. The molecule has 0 spiro atoms. The molecule has 1 aromatic rings. The Kier molecular flexibility index (Phi) is 6.35. The van der Waals surface area contributed by atoms with Crippen LogP contribution >= 0.6 is 0 Å². The van der Waals surface area contributed by atoms with Gasteiger partial charge in [-0.1, -0.05) is 32.9 Å². The molecule has 0 saturated heterocycles. The Morgan fingerprint density at radius 3 is 2.59 bits per heavy atom. The molecule has 0 aliphatic carbocycles. The van der Waals surface area contributed by atoms with Crippen molar-refractivity contribution in [1.82, 2.24) is 0 Å². The normalized spacial score (nSPS) is 12.5. The lowest BCUT2D eigenvalue weighted by atomic mass is 9.82. The maximum absolute atomic E-state index is 13.9. The molecule has 0 aromatic heterocycles. The Labute approximate surface area is 131 Å². The molecule has 1 rings (SSSR count). The van der Waals surface area contributed by atoms with Crippen LogP contribution in [0.5, 0.6) is 0 Å². The summed E-state index contributed by atoms with van der Waals surface area (Å²) in [6.45, 7) is 9.80. The van der Waals surface area contributed by atoms with E-state index in [0.717, 1.165) is 12.0 Å². The topological polar surface area (TPSA) is 38.3 Å². The molecule has 0 heterocycles. The molecule has 120 valence electrons. The Morgan fingerprint density at radius 1 is 1.36 bits per heavy atom. The summed E-state index contributed by atoms with van der Waals surface area (Å²) in [6.07, 6.45) is 5.27. The van der Waals surface area contributed by atoms with Crippen molar-refractivity contribution in [3.05, 3.63) is 53.6 Å². The quantitative estimate of drug-likeness (QED) is 0.573. The highest BCUT2D eigenvalue weighted by atomic mass is 19.1. The monoisotopic (exact) mass is 305 g/mol. The molecule has 1 amide bonds. The molecule has 0 radical (unpaired) electrons. The summed E-state index contributed by atoms with van der Waals surface area (Å²) in [4.78, 5) is 11.9. The highest BCUT2D eigenvalue weighted by Gasteiger charge is 2.20. The smallest absolute Gasteiger partial charge is 0.410 e. The van der Waals surface area contributed by atoms with Crippen LogP contribution in [0.3, 0.4) is 0 Å². The second-order valence-corrected chi connectivity index (χ2v) is 5.64. The minimum absolute atomic E-state index is 0.0898. The average Bonchev–Trinajstić information content (AvgIpc) is 2.48. The van der Waals surface area contributed by atoms with Crippen LogP contribution in [0.4, 0.5) is 14.9 Å². The van der Waals surface area contributed by atoms with Gasteiger partial charge in [0.15, 0.2) is 0 Å². The standard InChI is InChI=1S/C18H24FNO2/c1-6-9-14(7-2)22-17(21)20-16-12-13(10-11-15(16)19)18(4,5)8-3/h6-7,9-12H,8H2,1-5H3,(H,20,21)/b9-6-,14-7+. The van der Waals surface area contributed by atoms with Crippen LogP contribution in [0.1, 0.15) is 46.6 Å². The van der Waals surface area contributed by atoms with Crippen molar-refractivity contribution >= 4 is 11.8 Å². The zero-order valence-electron chi connectivity index (χ0n) is 13.9. The number of benzene rings is 1. The first kappa shape index (κ1) is 18.0. The zero-order chi connectivity index (χ0) is 16.8. The molecule has 0 unspecified atom stereocenters. The second-order valence-electron chi connectivity index (χ2n) is 5.64. The summed E-state index contributed by atoms with van der Waals surface area (Å²) in [5.74, 6) is -0.0777. The molecule has 0 bridgehead atoms. The number of hydrogen-bond donors (Lipinski definition) is 1. The van der Waals surface area contributed by atoms with Gasteiger partial charge in [-0.2, -0.15) is 0 Å². The van der Waals surface area contributed by atoms with Crippen molar-refractivity contribution in [2.24, 2.45) is 0 Å². The predicted octanol–water partition coefficient (Wildman–Crippen LogP) is 5.54. The van der Waals surface area contributed by atoms with E-state index >= 15 is 0 Å². The molecule has 22 heavy (non-hydrogen) atoms. The SMILES string of the molecule is C/C=C\C(=C/C)OC(=O)Nc1cc(C(C)(C)CC)ccc1F. The van der Waals surface area contributed by atoms with Gasteiger partial charge < -0.3 is 4.74 Å². The van der Waals surface area contributed by atoms with E-state index in [2.05, 4.69) is 26.1 Å². The molecule has 0 saturated carbocycles. The Hall–Kier alpha value is -2.10. The van der Waals surface area contributed by atoms with Crippen molar-refractivity contribution in [3.63, 3.8) is 0 Å². The van der Waals surface area contributed by atoms with Crippen LogP contribution < -0.4 is 5.32 Å². The molecular weight excluding hydrogens is 281 g/mol. The van der Waals surface area contributed by atoms with Gasteiger partial charge in [0, 0.05) is 0 Å². The van der Waals surface area contributed by atoms with Gasteiger partial charge in [-0.25, -0.2) is 9.18 Å². The fourth-order valence-corrected chi connectivity index (χ4v) is 1.84. The summed E-state index contributed by atoms with van der Waals surface area (Å²) in [6, 6.07) is 4.77. The van der Waals surface area contributed by atoms with E-state index < -0.39 is 11.9 Å².